The molecule has 150 valence electrons. The normalized spacial score (nSPS) is 19.5. The van der Waals surface area contributed by atoms with Crippen LogP contribution in [0, 0.1) is 0 Å². The summed E-state index contributed by atoms with van der Waals surface area (Å²) in [6, 6.07) is 9.98. The van der Waals surface area contributed by atoms with Crippen molar-refractivity contribution in [3.05, 3.63) is 42.2 Å². The second kappa shape index (κ2) is 9.30. The smallest absolute Gasteiger partial charge is 0.236 e. The molecule has 0 aliphatic carbocycles. The zero-order valence-corrected chi connectivity index (χ0v) is 16.5. The van der Waals surface area contributed by atoms with E-state index in [1.165, 1.54) is 12.8 Å². The maximum Gasteiger partial charge on any atom is 0.236 e. The van der Waals surface area contributed by atoms with Crippen molar-refractivity contribution in [1.29, 1.82) is 0 Å². The Balaban J connectivity index is 1.23. The van der Waals surface area contributed by atoms with Crippen molar-refractivity contribution in [1.82, 2.24) is 29.7 Å². The summed E-state index contributed by atoms with van der Waals surface area (Å²) in [6.07, 6.45) is 6.68. The molecule has 2 fully saturated rings. The Morgan fingerprint density at radius 3 is 2.25 bits per heavy atom. The fourth-order valence-corrected chi connectivity index (χ4v) is 4.00. The fourth-order valence-electron chi connectivity index (χ4n) is 4.00. The second-order valence-corrected chi connectivity index (χ2v) is 7.81. The molecule has 0 atom stereocenters. The Morgan fingerprint density at radius 1 is 0.857 bits per heavy atom. The van der Waals surface area contributed by atoms with Crippen LogP contribution in [0.4, 0.5) is 0 Å². The Hall–Kier alpha value is -2.25. The number of aromatic nitrogens is 3. The lowest BCUT2D eigenvalue weighted by atomic mass is 10.2. The SMILES string of the molecule is O=C(CN1CCN(Cc2cnn(-c3ccccc3)n2)CC1)N1CCCCCC1. The number of benzene rings is 1. The standard InChI is InChI=1S/C21H30N6O/c28-21(26-10-6-1-2-7-11-26)18-25-14-12-24(13-15-25)17-19-16-22-27(23-19)20-8-4-3-5-9-20/h3-5,8-9,16H,1-2,6-7,10-15,17-18H2. The molecule has 2 aliphatic heterocycles. The summed E-state index contributed by atoms with van der Waals surface area (Å²) < 4.78 is 0. The van der Waals surface area contributed by atoms with E-state index in [-0.39, 0.29) is 0 Å². The molecule has 0 radical (unpaired) electrons. The van der Waals surface area contributed by atoms with Gasteiger partial charge in [0.05, 0.1) is 24.1 Å². The van der Waals surface area contributed by atoms with Gasteiger partial charge in [0.15, 0.2) is 0 Å². The molecule has 0 spiro atoms. The lowest BCUT2D eigenvalue weighted by Crippen LogP contribution is -2.49. The zero-order valence-electron chi connectivity index (χ0n) is 16.5. The molecule has 2 saturated heterocycles. The molecule has 2 aromatic rings. The number of hydrogen-bond donors (Lipinski definition) is 0. The summed E-state index contributed by atoms with van der Waals surface area (Å²) in [5.41, 5.74) is 1.96. The van der Waals surface area contributed by atoms with Gasteiger partial charge in [-0.3, -0.25) is 14.6 Å². The molecule has 28 heavy (non-hydrogen) atoms. The van der Waals surface area contributed by atoms with Gasteiger partial charge in [-0.2, -0.15) is 15.0 Å². The predicted octanol–water partition coefficient (Wildman–Crippen LogP) is 1.79. The van der Waals surface area contributed by atoms with Gasteiger partial charge in [-0.1, -0.05) is 31.0 Å². The van der Waals surface area contributed by atoms with Gasteiger partial charge in [0.2, 0.25) is 5.91 Å². The molecular formula is C21H30N6O. The zero-order chi connectivity index (χ0) is 19.2. The van der Waals surface area contributed by atoms with Gasteiger partial charge in [0.25, 0.3) is 0 Å². The molecule has 3 heterocycles. The van der Waals surface area contributed by atoms with Gasteiger partial charge in [-0.25, -0.2) is 0 Å². The average molecular weight is 383 g/mol. The van der Waals surface area contributed by atoms with Crippen molar-refractivity contribution in [3.63, 3.8) is 0 Å². The molecule has 0 unspecified atom stereocenters. The first-order valence-electron chi connectivity index (χ1n) is 10.5. The molecule has 1 aromatic carbocycles. The Labute approximate surface area is 166 Å². The second-order valence-electron chi connectivity index (χ2n) is 7.81. The van der Waals surface area contributed by atoms with Crippen molar-refractivity contribution in [3.8, 4) is 5.69 Å². The molecule has 4 rings (SSSR count). The molecule has 7 heteroatoms. The highest BCUT2D eigenvalue weighted by Crippen LogP contribution is 2.12. The van der Waals surface area contributed by atoms with Crippen molar-refractivity contribution >= 4 is 5.91 Å². The number of carbonyl (C=O) groups excluding carboxylic acids is 1. The van der Waals surface area contributed by atoms with E-state index in [4.69, 9.17) is 0 Å². The van der Waals surface area contributed by atoms with Gasteiger partial charge >= 0.3 is 0 Å². The Kier molecular flexibility index (Phi) is 6.34. The van der Waals surface area contributed by atoms with Crippen molar-refractivity contribution in [2.24, 2.45) is 0 Å². The minimum atomic E-state index is 0.307. The molecule has 1 aromatic heterocycles. The first-order chi connectivity index (χ1) is 13.8. The van der Waals surface area contributed by atoms with E-state index >= 15 is 0 Å². The number of hydrogen-bond acceptors (Lipinski definition) is 5. The maximum atomic E-state index is 12.6. The van der Waals surface area contributed by atoms with Gasteiger partial charge in [-0.15, -0.1) is 0 Å². The van der Waals surface area contributed by atoms with Gasteiger partial charge < -0.3 is 4.90 Å². The van der Waals surface area contributed by atoms with E-state index in [0.717, 1.165) is 70.0 Å². The van der Waals surface area contributed by atoms with Gasteiger partial charge in [-0.05, 0) is 25.0 Å². The van der Waals surface area contributed by atoms with Gasteiger partial charge in [0, 0.05) is 45.8 Å². The van der Waals surface area contributed by atoms with Crippen LogP contribution in [0.25, 0.3) is 5.69 Å². The van der Waals surface area contributed by atoms with Crippen LogP contribution in [0.3, 0.4) is 0 Å². The molecule has 7 nitrogen and oxygen atoms in total. The van der Waals surface area contributed by atoms with Crippen LogP contribution < -0.4 is 0 Å². The first kappa shape index (κ1) is 19.1. The quantitative estimate of drug-likeness (QED) is 0.789. The van der Waals surface area contributed by atoms with Crippen LogP contribution >= 0.6 is 0 Å². The number of piperazine rings is 1. The number of para-hydroxylation sites is 1. The van der Waals surface area contributed by atoms with Crippen LogP contribution in [0.2, 0.25) is 0 Å². The summed E-state index contributed by atoms with van der Waals surface area (Å²) >= 11 is 0. The van der Waals surface area contributed by atoms with E-state index in [0.29, 0.717) is 12.5 Å². The number of nitrogens with zero attached hydrogens (tertiary/aromatic N) is 6. The molecular weight excluding hydrogens is 352 g/mol. The molecule has 0 saturated carbocycles. The van der Waals surface area contributed by atoms with Crippen molar-refractivity contribution < 1.29 is 4.79 Å². The molecule has 2 aliphatic rings. The fraction of sp³-hybridized carbons (Fsp3) is 0.571. The number of amides is 1. The van der Waals surface area contributed by atoms with E-state index < -0.39 is 0 Å². The van der Waals surface area contributed by atoms with Crippen molar-refractivity contribution in [2.45, 2.75) is 32.2 Å². The van der Waals surface area contributed by atoms with Crippen molar-refractivity contribution in [2.75, 3.05) is 45.8 Å². The predicted molar refractivity (Wildman–Crippen MR) is 108 cm³/mol. The lowest BCUT2D eigenvalue weighted by molar-refractivity contribution is -0.132. The first-order valence-corrected chi connectivity index (χ1v) is 10.5. The number of likely N-dealkylation sites (tertiary alicyclic amines) is 1. The molecule has 0 N–H and O–H groups in total. The highest BCUT2D eigenvalue weighted by atomic mass is 16.2. The third kappa shape index (κ3) is 4.97. The number of carbonyl (C=O) groups is 1. The van der Waals surface area contributed by atoms with Crippen LogP contribution in [0.15, 0.2) is 36.5 Å². The summed E-state index contributed by atoms with van der Waals surface area (Å²) in [5.74, 6) is 0.307. The molecule has 1 amide bonds. The largest absolute Gasteiger partial charge is 0.342 e. The van der Waals surface area contributed by atoms with Crippen LogP contribution in [-0.2, 0) is 11.3 Å². The van der Waals surface area contributed by atoms with E-state index in [1.54, 1.807) is 4.80 Å². The summed E-state index contributed by atoms with van der Waals surface area (Å²) in [5, 5.41) is 8.99. The van der Waals surface area contributed by atoms with E-state index in [2.05, 4.69) is 24.9 Å². The topological polar surface area (TPSA) is 57.5 Å². The average Bonchev–Trinajstić information content (AvgIpc) is 3.02. The van der Waals surface area contributed by atoms with Crippen LogP contribution in [0.5, 0.6) is 0 Å². The van der Waals surface area contributed by atoms with Gasteiger partial charge in [0.1, 0.15) is 0 Å². The van der Waals surface area contributed by atoms with Crippen LogP contribution in [0.1, 0.15) is 31.4 Å². The third-order valence-electron chi connectivity index (χ3n) is 5.69. The highest BCUT2D eigenvalue weighted by molar-refractivity contribution is 5.78. The molecule has 0 bridgehead atoms. The van der Waals surface area contributed by atoms with E-state index in [9.17, 15) is 4.79 Å². The van der Waals surface area contributed by atoms with Crippen LogP contribution in [-0.4, -0.2) is 81.4 Å². The summed E-state index contributed by atoms with van der Waals surface area (Å²) in [4.78, 5) is 21.0. The maximum absolute atomic E-state index is 12.6. The summed E-state index contributed by atoms with van der Waals surface area (Å²) in [7, 11) is 0. The summed E-state index contributed by atoms with van der Waals surface area (Å²) in [6.45, 7) is 7.06. The highest BCUT2D eigenvalue weighted by Gasteiger charge is 2.22. The Bertz CT molecular complexity index is 745. The Morgan fingerprint density at radius 2 is 1.54 bits per heavy atom. The minimum absolute atomic E-state index is 0.307. The monoisotopic (exact) mass is 382 g/mol. The van der Waals surface area contributed by atoms with E-state index in [1.807, 2.05) is 36.5 Å². The lowest BCUT2D eigenvalue weighted by Gasteiger charge is -2.34. The number of rotatable bonds is 5. The minimum Gasteiger partial charge on any atom is -0.342 e. The third-order valence-corrected chi connectivity index (χ3v) is 5.69.